The van der Waals surface area contributed by atoms with Crippen LogP contribution in [0.3, 0.4) is 0 Å². The van der Waals surface area contributed by atoms with Crippen LogP contribution in [-0.2, 0) is 6.54 Å². The van der Waals surface area contributed by atoms with Crippen molar-refractivity contribution >= 4 is 17.6 Å². The van der Waals surface area contributed by atoms with E-state index in [1.165, 1.54) is 5.56 Å². The van der Waals surface area contributed by atoms with Crippen molar-refractivity contribution in [2.24, 2.45) is 21.5 Å². The number of nitrogens with zero attached hydrogens (tertiary/aromatic N) is 4. The number of nitrogens with two attached hydrogens (primary N) is 2. The van der Waals surface area contributed by atoms with Crippen molar-refractivity contribution in [1.29, 1.82) is 0 Å². The van der Waals surface area contributed by atoms with Crippen LogP contribution in [0, 0.1) is 0 Å². The van der Waals surface area contributed by atoms with Crippen LogP contribution in [0.5, 0.6) is 0 Å². The van der Waals surface area contributed by atoms with Crippen molar-refractivity contribution in [3.05, 3.63) is 29.8 Å². The molecule has 0 fully saturated rings. The molecule has 0 spiro atoms. The van der Waals surface area contributed by atoms with E-state index in [4.69, 9.17) is 11.5 Å². The van der Waals surface area contributed by atoms with Crippen LogP contribution in [0.1, 0.15) is 19.4 Å². The van der Waals surface area contributed by atoms with Crippen LogP contribution in [0.2, 0.25) is 0 Å². The minimum atomic E-state index is -0.550. The predicted octanol–water partition coefficient (Wildman–Crippen LogP) is -1.92. The summed E-state index contributed by atoms with van der Waals surface area (Å²) >= 11 is 0. The smallest absolute Gasteiger partial charge is 0.220 e. The molecule has 1 aliphatic heterocycles. The molecule has 122 valence electrons. The summed E-state index contributed by atoms with van der Waals surface area (Å²) in [6.45, 7) is 4.87. The summed E-state index contributed by atoms with van der Waals surface area (Å²) in [5, 5.41) is 0. The largest absolute Gasteiger partial charge is 1.00 e. The third-order valence-corrected chi connectivity index (χ3v) is 3.22. The summed E-state index contributed by atoms with van der Waals surface area (Å²) in [4.78, 5) is 10.4. The van der Waals surface area contributed by atoms with Gasteiger partial charge < -0.3 is 28.4 Å². The first kappa shape index (κ1) is 18.3. The van der Waals surface area contributed by atoms with Gasteiger partial charge in [-0.05, 0) is 26.0 Å². The summed E-state index contributed by atoms with van der Waals surface area (Å²) < 4.78 is 0.863. The van der Waals surface area contributed by atoms with E-state index in [1.54, 1.807) is 0 Å². The molecule has 22 heavy (non-hydrogen) atoms. The van der Waals surface area contributed by atoms with Gasteiger partial charge in [0, 0.05) is 11.3 Å². The van der Waals surface area contributed by atoms with Gasteiger partial charge >= 0.3 is 0 Å². The second-order valence-corrected chi connectivity index (χ2v) is 6.89. The Morgan fingerprint density at radius 1 is 1.18 bits per heavy atom. The Kier molecular flexibility index (Phi) is 5.10. The van der Waals surface area contributed by atoms with Gasteiger partial charge in [0.1, 0.15) is 12.2 Å². The lowest BCUT2D eigenvalue weighted by atomic mass is 10.1. The highest BCUT2D eigenvalue weighted by Crippen LogP contribution is 2.28. The van der Waals surface area contributed by atoms with Crippen molar-refractivity contribution < 1.29 is 16.9 Å². The molecule has 0 saturated carbocycles. The maximum atomic E-state index is 6.07. The highest BCUT2D eigenvalue weighted by atomic mass is 35.5. The summed E-state index contributed by atoms with van der Waals surface area (Å²) in [6.07, 6.45) is 0. The molecule has 0 saturated heterocycles. The van der Waals surface area contributed by atoms with Crippen molar-refractivity contribution in [3.8, 4) is 0 Å². The van der Waals surface area contributed by atoms with Gasteiger partial charge in [0.2, 0.25) is 11.9 Å². The van der Waals surface area contributed by atoms with Crippen molar-refractivity contribution in [2.75, 3.05) is 26.0 Å². The molecule has 4 N–H and O–H groups in total. The van der Waals surface area contributed by atoms with Gasteiger partial charge in [-0.3, -0.25) is 4.90 Å². The molecule has 0 aliphatic carbocycles. The average Bonchev–Trinajstić information content (AvgIpc) is 2.23. The Labute approximate surface area is 138 Å². The highest BCUT2D eigenvalue weighted by molar-refractivity contribution is 6.05. The van der Waals surface area contributed by atoms with Crippen molar-refractivity contribution in [2.45, 2.75) is 26.1 Å². The molecule has 0 unspecified atom stereocenters. The van der Waals surface area contributed by atoms with Gasteiger partial charge in [-0.1, -0.05) is 12.1 Å². The Balaban J connectivity index is 0.00000242. The monoisotopic (exact) mass is 324 g/mol. The van der Waals surface area contributed by atoms with Gasteiger partial charge in [-0.2, -0.15) is 4.99 Å². The standard InChI is InChI=1S/C15H25N6.ClH/c1-15(2)19-13(16)18-14(17)20(15)12-8-6-7-11(9-12)10-21(3,4)5;/h6-9H,10H2,1-5H3,(H4,16,17,18,19);1H/q+1;/p-1. The number of anilines is 1. The molecule has 7 heteroatoms. The SMILES string of the molecule is CC1(C)N=C(N)N=C(N)N1c1cccc(C[N+](C)(C)C)c1.[Cl-]. The zero-order valence-electron chi connectivity index (χ0n) is 13.8. The zero-order chi connectivity index (χ0) is 15.8. The molecule has 0 amide bonds. The molecule has 2 rings (SSSR count). The van der Waals surface area contributed by atoms with E-state index in [0.29, 0.717) is 5.96 Å². The molecule has 0 bridgehead atoms. The van der Waals surface area contributed by atoms with E-state index in [-0.39, 0.29) is 18.4 Å². The molecule has 1 aromatic carbocycles. The maximum Gasteiger partial charge on any atom is 0.220 e. The molecule has 0 aromatic heterocycles. The second-order valence-electron chi connectivity index (χ2n) is 6.89. The first-order valence-electron chi connectivity index (χ1n) is 6.98. The minimum absolute atomic E-state index is 0. The number of hydrogen-bond acceptors (Lipinski definition) is 5. The quantitative estimate of drug-likeness (QED) is 0.636. The maximum absolute atomic E-state index is 6.07. The van der Waals surface area contributed by atoms with Crippen LogP contribution in [0.4, 0.5) is 5.69 Å². The third kappa shape index (κ3) is 4.11. The number of quaternary nitrogens is 1. The number of rotatable bonds is 3. The lowest BCUT2D eigenvalue weighted by Crippen LogP contribution is -3.00. The highest BCUT2D eigenvalue weighted by Gasteiger charge is 2.33. The molecular formula is C15H25ClN6. The Bertz CT molecular complexity index is 600. The van der Waals surface area contributed by atoms with E-state index < -0.39 is 5.66 Å². The molecule has 0 atom stereocenters. The lowest BCUT2D eigenvalue weighted by molar-refractivity contribution is -0.884. The van der Waals surface area contributed by atoms with E-state index in [2.05, 4.69) is 43.3 Å². The zero-order valence-corrected chi connectivity index (χ0v) is 14.6. The van der Waals surface area contributed by atoms with Gasteiger partial charge in [-0.25, -0.2) is 4.99 Å². The molecule has 1 aliphatic rings. The summed E-state index contributed by atoms with van der Waals surface area (Å²) in [5.74, 6) is 0.589. The van der Waals surface area contributed by atoms with Crippen LogP contribution in [0.15, 0.2) is 34.3 Å². The molecule has 1 heterocycles. The Morgan fingerprint density at radius 2 is 1.82 bits per heavy atom. The van der Waals surface area contributed by atoms with Gasteiger partial charge in [0.15, 0.2) is 0 Å². The third-order valence-electron chi connectivity index (χ3n) is 3.22. The number of benzene rings is 1. The minimum Gasteiger partial charge on any atom is -1.00 e. The van der Waals surface area contributed by atoms with Crippen molar-refractivity contribution in [1.82, 2.24) is 0 Å². The molecular weight excluding hydrogens is 300 g/mol. The van der Waals surface area contributed by atoms with Crippen LogP contribution < -0.4 is 28.8 Å². The summed E-state index contributed by atoms with van der Waals surface area (Å²) in [6, 6.07) is 8.30. The summed E-state index contributed by atoms with van der Waals surface area (Å²) in [7, 11) is 6.49. The fraction of sp³-hybridized carbons (Fsp3) is 0.467. The number of aliphatic imine (C=N–C) groups is 2. The summed E-state index contributed by atoms with van der Waals surface area (Å²) in [5.41, 5.74) is 13.4. The molecule has 6 nitrogen and oxygen atoms in total. The Morgan fingerprint density at radius 3 is 2.36 bits per heavy atom. The number of hydrogen-bond donors (Lipinski definition) is 2. The van der Waals surface area contributed by atoms with E-state index in [0.717, 1.165) is 16.7 Å². The first-order chi connectivity index (χ1) is 9.58. The lowest BCUT2D eigenvalue weighted by Gasteiger charge is -2.38. The topological polar surface area (TPSA) is 80.0 Å². The number of guanidine groups is 2. The van der Waals surface area contributed by atoms with E-state index in [1.807, 2.05) is 30.9 Å². The average molecular weight is 325 g/mol. The second kappa shape index (κ2) is 6.14. The van der Waals surface area contributed by atoms with Crippen molar-refractivity contribution in [3.63, 3.8) is 0 Å². The normalized spacial score (nSPS) is 17.4. The van der Waals surface area contributed by atoms with Gasteiger partial charge in [0.05, 0.1) is 21.1 Å². The van der Waals surface area contributed by atoms with E-state index in [9.17, 15) is 0 Å². The van der Waals surface area contributed by atoms with E-state index >= 15 is 0 Å². The molecule has 1 aromatic rings. The van der Waals surface area contributed by atoms with Gasteiger partial charge in [0.25, 0.3) is 0 Å². The fourth-order valence-electron chi connectivity index (χ4n) is 2.59. The Hall–Kier alpha value is -1.79. The fourth-order valence-corrected chi connectivity index (χ4v) is 2.59. The molecule has 0 radical (unpaired) electrons. The van der Waals surface area contributed by atoms with Crippen LogP contribution in [0.25, 0.3) is 0 Å². The number of halogens is 1. The van der Waals surface area contributed by atoms with Crippen LogP contribution >= 0.6 is 0 Å². The first-order valence-corrected chi connectivity index (χ1v) is 6.98. The van der Waals surface area contributed by atoms with Gasteiger partial charge in [-0.15, -0.1) is 0 Å². The van der Waals surface area contributed by atoms with Crippen LogP contribution in [-0.4, -0.2) is 43.2 Å². The predicted molar refractivity (Wildman–Crippen MR) is 88.0 cm³/mol.